The molecule has 5 heteroatoms. The van der Waals surface area contributed by atoms with Crippen molar-refractivity contribution in [2.24, 2.45) is 0 Å². The van der Waals surface area contributed by atoms with Crippen LogP contribution in [0.2, 0.25) is 5.15 Å². The van der Waals surface area contributed by atoms with Crippen molar-refractivity contribution in [1.29, 1.82) is 0 Å². The Bertz CT molecular complexity index is 601. The second-order valence-corrected chi connectivity index (χ2v) is 4.85. The zero-order valence-corrected chi connectivity index (χ0v) is 11.9. The predicted molar refractivity (Wildman–Crippen MR) is 75.0 cm³/mol. The van der Waals surface area contributed by atoms with Crippen molar-refractivity contribution in [2.45, 2.75) is 20.4 Å². The molecule has 2 aromatic rings. The van der Waals surface area contributed by atoms with Crippen molar-refractivity contribution in [3.63, 3.8) is 0 Å². The van der Waals surface area contributed by atoms with E-state index in [1.54, 1.807) is 13.0 Å². The summed E-state index contributed by atoms with van der Waals surface area (Å²) in [5.41, 5.74) is 1.71. The first-order valence-corrected chi connectivity index (χ1v) is 6.31. The summed E-state index contributed by atoms with van der Waals surface area (Å²) in [6.07, 6.45) is 0. The van der Waals surface area contributed by atoms with Crippen LogP contribution in [0.25, 0.3) is 0 Å². The van der Waals surface area contributed by atoms with Gasteiger partial charge in [0.1, 0.15) is 22.6 Å². The van der Waals surface area contributed by atoms with E-state index in [9.17, 15) is 4.39 Å². The second kappa shape index (κ2) is 5.53. The predicted octanol–water partition coefficient (Wildman–Crippen LogP) is 3.52. The molecule has 2 rings (SSSR count). The van der Waals surface area contributed by atoms with Gasteiger partial charge in [-0.3, -0.25) is 0 Å². The van der Waals surface area contributed by atoms with Gasteiger partial charge in [0.05, 0.1) is 0 Å². The van der Waals surface area contributed by atoms with Gasteiger partial charge in [0, 0.05) is 19.2 Å². The topological polar surface area (TPSA) is 29.0 Å². The Hall–Kier alpha value is -1.68. The molecule has 0 unspecified atom stereocenters. The molecule has 3 nitrogen and oxygen atoms in total. The minimum Gasteiger partial charge on any atom is -0.355 e. The molecule has 0 aliphatic heterocycles. The van der Waals surface area contributed by atoms with Crippen molar-refractivity contribution in [1.82, 2.24) is 9.97 Å². The monoisotopic (exact) mass is 279 g/mol. The van der Waals surface area contributed by atoms with Gasteiger partial charge in [-0.05, 0) is 31.5 Å². The number of rotatable bonds is 3. The van der Waals surface area contributed by atoms with E-state index in [0.717, 1.165) is 16.9 Å². The van der Waals surface area contributed by atoms with E-state index in [2.05, 4.69) is 9.97 Å². The standard InChI is InChI=1S/C14H15ClFN3/c1-9-13(15)17-10(2)18-14(9)19(3)8-11-5-4-6-12(16)7-11/h4-7H,8H2,1-3H3. The Balaban J connectivity index is 2.27. The van der Waals surface area contributed by atoms with Gasteiger partial charge in [0.25, 0.3) is 0 Å². The molecule has 0 N–H and O–H groups in total. The van der Waals surface area contributed by atoms with E-state index < -0.39 is 0 Å². The fraction of sp³-hybridized carbons (Fsp3) is 0.286. The summed E-state index contributed by atoms with van der Waals surface area (Å²) in [5.74, 6) is 1.15. The Morgan fingerprint density at radius 3 is 2.68 bits per heavy atom. The Labute approximate surface area is 117 Å². The summed E-state index contributed by atoms with van der Waals surface area (Å²) in [5, 5.41) is 0.452. The van der Waals surface area contributed by atoms with Crippen LogP contribution in [0.4, 0.5) is 10.2 Å². The highest BCUT2D eigenvalue weighted by Crippen LogP contribution is 2.23. The summed E-state index contributed by atoms with van der Waals surface area (Å²) >= 11 is 6.05. The van der Waals surface area contributed by atoms with Gasteiger partial charge in [-0.15, -0.1) is 0 Å². The third-order valence-electron chi connectivity index (χ3n) is 2.84. The van der Waals surface area contributed by atoms with Crippen LogP contribution in [-0.4, -0.2) is 17.0 Å². The van der Waals surface area contributed by atoms with Crippen LogP contribution in [-0.2, 0) is 6.54 Å². The zero-order chi connectivity index (χ0) is 14.0. The van der Waals surface area contributed by atoms with E-state index in [1.165, 1.54) is 12.1 Å². The quantitative estimate of drug-likeness (QED) is 0.805. The zero-order valence-electron chi connectivity index (χ0n) is 11.1. The molecular formula is C14H15ClFN3. The maximum Gasteiger partial charge on any atom is 0.137 e. The van der Waals surface area contributed by atoms with Crippen LogP contribution in [0.3, 0.4) is 0 Å². The maximum atomic E-state index is 13.2. The van der Waals surface area contributed by atoms with Gasteiger partial charge in [-0.2, -0.15) is 0 Å². The van der Waals surface area contributed by atoms with E-state index in [0.29, 0.717) is 17.5 Å². The highest BCUT2D eigenvalue weighted by molar-refractivity contribution is 6.30. The van der Waals surface area contributed by atoms with Gasteiger partial charge in [0.2, 0.25) is 0 Å². The van der Waals surface area contributed by atoms with Crippen LogP contribution < -0.4 is 4.90 Å². The van der Waals surface area contributed by atoms with Crippen LogP contribution >= 0.6 is 11.6 Å². The van der Waals surface area contributed by atoms with E-state index >= 15 is 0 Å². The normalized spacial score (nSPS) is 10.6. The van der Waals surface area contributed by atoms with Crippen molar-refractivity contribution < 1.29 is 4.39 Å². The first-order chi connectivity index (χ1) is 8.97. The lowest BCUT2D eigenvalue weighted by Crippen LogP contribution is -2.20. The first-order valence-electron chi connectivity index (χ1n) is 5.93. The molecule has 19 heavy (non-hydrogen) atoms. The van der Waals surface area contributed by atoms with E-state index in [4.69, 9.17) is 11.6 Å². The first kappa shape index (κ1) is 13.7. The van der Waals surface area contributed by atoms with Crippen LogP contribution in [0.15, 0.2) is 24.3 Å². The number of nitrogens with zero attached hydrogens (tertiary/aromatic N) is 3. The summed E-state index contributed by atoms with van der Waals surface area (Å²) in [6, 6.07) is 6.52. The molecule has 0 aliphatic rings. The number of aromatic nitrogens is 2. The molecule has 1 aromatic heterocycles. The van der Waals surface area contributed by atoms with Crippen molar-refractivity contribution in [2.75, 3.05) is 11.9 Å². The molecule has 0 saturated carbocycles. The summed E-state index contributed by atoms with van der Waals surface area (Å²) in [4.78, 5) is 10.4. The fourth-order valence-electron chi connectivity index (χ4n) is 1.94. The Kier molecular flexibility index (Phi) is 4.00. The van der Waals surface area contributed by atoms with Crippen molar-refractivity contribution in [3.05, 3.63) is 52.2 Å². The van der Waals surface area contributed by atoms with Crippen molar-refractivity contribution in [3.8, 4) is 0 Å². The number of aryl methyl sites for hydroxylation is 1. The Morgan fingerprint density at radius 1 is 1.26 bits per heavy atom. The molecule has 0 spiro atoms. The minimum atomic E-state index is -0.237. The average molecular weight is 280 g/mol. The molecule has 0 radical (unpaired) electrons. The lowest BCUT2D eigenvalue weighted by molar-refractivity contribution is 0.625. The number of benzene rings is 1. The lowest BCUT2D eigenvalue weighted by atomic mass is 10.2. The summed E-state index contributed by atoms with van der Waals surface area (Å²) in [6.45, 7) is 4.23. The molecule has 0 atom stereocenters. The van der Waals surface area contributed by atoms with Gasteiger partial charge in [0.15, 0.2) is 0 Å². The van der Waals surface area contributed by atoms with Gasteiger partial charge in [-0.1, -0.05) is 23.7 Å². The Morgan fingerprint density at radius 2 is 2.00 bits per heavy atom. The smallest absolute Gasteiger partial charge is 0.137 e. The fourth-order valence-corrected chi connectivity index (χ4v) is 2.14. The average Bonchev–Trinajstić information content (AvgIpc) is 2.33. The number of hydrogen-bond donors (Lipinski definition) is 0. The van der Waals surface area contributed by atoms with Gasteiger partial charge < -0.3 is 4.90 Å². The van der Waals surface area contributed by atoms with Gasteiger partial charge >= 0.3 is 0 Å². The molecule has 1 aromatic carbocycles. The summed E-state index contributed by atoms with van der Waals surface area (Å²) in [7, 11) is 1.90. The largest absolute Gasteiger partial charge is 0.355 e. The molecular weight excluding hydrogens is 265 g/mol. The van der Waals surface area contributed by atoms with Crippen LogP contribution in [0.1, 0.15) is 17.0 Å². The highest BCUT2D eigenvalue weighted by Gasteiger charge is 2.12. The van der Waals surface area contributed by atoms with E-state index in [1.807, 2.05) is 24.9 Å². The summed E-state index contributed by atoms with van der Waals surface area (Å²) < 4.78 is 13.2. The molecule has 1 heterocycles. The minimum absolute atomic E-state index is 0.237. The third kappa shape index (κ3) is 3.20. The lowest BCUT2D eigenvalue weighted by Gasteiger charge is -2.21. The molecule has 0 amide bonds. The number of halogens is 2. The van der Waals surface area contributed by atoms with Crippen LogP contribution in [0, 0.1) is 19.7 Å². The third-order valence-corrected chi connectivity index (χ3v) is 3.21. The van der Waals surface area contributed by atoms with Crippen molar-refractivity contribution >= 4 is 17.4 Å². The maximum absolute atomic E-state index is 13.2. The van der Waals surface area contributed by atoms with Gasteiger partial charge in [-0.25, -0.2) is 14.4 Å². The second-order valence-electron chi connectivity index (χ2n) is 4.50. The number of anilines is 1. The number of hydrogen-bond acceptors (Lipinski definition) is 3. The molecule has 0 fully saturated rings. The molecule has 0 bridgehead atoms. The van der Waals surface area contributed by atoms with E-state index in [-0.39, 0.29) is 5.82 Å². The SMILES string of the molecule is Cc1nc(Cl)c(C)c(N(C)Cc2cccc(F)c2)n1. The molecule has 0 saturated heterocycles. The molecule has 100 valence electrons. The molecule has 0 aliphatic carbocycles. The van der Waals surface area contributed by atoms with Crippen LogP contribution in [0.5, 0.6) is 0 Å². The highest BCUT2D eigenvalue weighted by atomic mass is 35.5.